The molecule has 0 spiro atoms. The minimum Gasteiger partial charge on any atom is -0.481 e. The zero-order valence-electron chi connectivity index (χ0n) is 39.0. The van der Waals surface area contributed by atoms with Crippen molar-refractivity contribution in [1.29, 1.82) is 0 Å². The van der Waals surface area contributed by atoms with E-state index in [2.05, 4.69) is 25.1 Å². The summed E-state index contributed by atoms with van der Waals surface area (Å²) in [5, 5.41) is 5.34. The highest BCUT2D eigenvalue weighted by Gasteiger charge is 2.39. The summed E-state index contributed by atoms with van der Waals surface area (Å²) in [7, 11) is 5.72. The first kappa shape index (κ1) is 49.7. The first-order valence-electron chi connectivity index (χ1n) is 21.3. The van der Waals surface area contributed by atoms with Crippen LogP contribution in [-0.4, -0.2) is 77.6 Å². The lowest BCUT2D eigenvalue weighted by Gasteiger charge is -2.42. The zero-order chi connectivity index (χ0) is 49.8. The molecule has 0 fully saturated rings. The van der Waals surface area contributed by atoms with E-state index >= 15 is 0 Å². The number of ether oxygens (including phenoxy) is 7. The molecule has 3 heterocycles. The van der Waals surface area contributed by atoms with Crippen molar-refractivity contribution in [2.45, 2.75) is 26.3 Å². The summed E-state index contributed by atoms with van der Waals surface area (Å²) in [6.07, 6.45) is 0. The number of allylic oxidation sites excluding steroid dienone is 1. The van der Waals surface area contributed by atoms with E-state index in [4.69, 9.17) is 61.2 Å². The van der Waals surface area contributed by atoms with Crippen LogP contribution in [0, 0.1) is 0 Å². The maximum atomic E-state index is 13.9. The molecule has 0 unspecified atom stereocenters. The molecule has 2 aromatic heterocycles. The van der Waals surface area contributed by atoms with E-state index in [0.717, 1.165) is 22.3 Å². The number of aromatic nitrogens is 4. The van der Waals surface area contributed by atoms with Crippen LogP contribution in [0.25, 0.3) is 5.57 Å². The van der Waals surface area contributed by atoms with Crippen LogP contribution in [0.3, 0.4) is 0 Å². The van der Waals surface area contributed by atoms with Gasteiger partial charge >= 0.3 is 18.0 Å². The van der Waals surface area contributed by atoms with E-state index in [-0.39, 0.29) is 65.2 Å². The fourth-order valence-electron chi connectivity index (χ4n) is 6.94. The van der Waals surface area contributed by atoms with Gasteiger partial charge in [-0.15, -0.1) is 0 Å². The van der Waals surface area contributed by atoms with E-state index in [1.54, 1.807) is 17.0 Å². The summed E-state index contributed by atoms with van der Waals surface area (Å²) in [5.74, 6) is 0.265. The van der Waals surface area contributed by atoms with E-state index < -0.39 is 11.5 Å². The number of nitrogens with zero attached hydrogens (tertiary/aromatic N) is 6. The van der Waals surface area contributed by atoms with Crippen LogP contribution >= 0.6 is 23.2 Å². The molecule has 0 radical (unpaired) electrons. The van der Waals surface area contributed by atoms with E-state index in [1.165, 1.54) is 52.7 Å². The molecule has 5 aromatic carbocycles. The second-order valence-electron chi connectivity index (χ2n) is 15.4. The third-order valence-corrected chi connectivity index (χ3v) is 11.0. The topological polar surface area (TPSA) is 175 Å². The molecule has 18 heteroatoms. The Morgan fingerprint density at radius 2 is 1.07 bits per heavy atom. The molecule has 1 amide bonds. The molecular formula is C52H46Cl2N6O10. The first-order valence-corrected chi connectivity index (χ1v) is 22.1. The summed E-state index contributed by atoms with van der Waals surface area (Å²) in [5.41, 5.74) is 3.35. The number of rotatable bonds is 15. The number of carbonyl (C=O) groups excluding carboxylic acids is 2. The predicted molar refractivity (Wildman–Crippen MR) is 262 cm³/mol. The smallest absolute Gasteiger partial charge is 0.373 e. The van der Waals surface area contributed by atoms with Crippen LogP contribution < -0.4 is 28.4 Å². The lowest BCUT2D eigenvalue weighted by atomic mass is 9.90. The first-order chi connectivity index (χ1) is 33.8. The van der Waals surface area contributed by atoms with Crippen LogP contribution in [0.2, 0.25) is 10.0 Å². The fourth-order valence-corrected chi connectivity index (χ4v) is 7.47. The van der Waals surface area contributed by atoms with Crippen molar-refractivity contribution < 1.29 is 47.6 Å². The molecule has 0 N–H and O–H groups in total. The molecule has 358 valence electrons. The number of methoxy groups -OCH3 is 4. The van der Waals surface area contributed by atoms with Gasteiger partial charge in [0, 0.05) is 21.2 Å². The Bertz CT molecular complexity index is 2850. The van der Waals surface area contributed by atoms with E-state index in [9.17, 15) is 9.59 Å². The van der Waals surface area contributed by atoms with Gasteiger partial charge in [-0.2, -0.15) is 19.9 Å². The number of halogens is 2. The predicted octanol–water partition coefficient (Wildman–Crippen LogP) is 11.0. The quantitative estimate of drug-likeness (QED) is 0.0539. The lowest BCUT2D eigenvalue weighted by molar-refractivity contribution is -0.139. The summed E-state index contributed by atoms with van der Waals surface area (Å²) < 4.78 is 38.6. The van der Waals surface area contributed by atoms with Crippen molar-refractivity contribution in [3.63, 3.8) is 0 Å². The molecule has 16 nitrogen and oxygen atoms in total. The molecule has 1 aliphatic rings. The molecule has 70 heavy (non-hydrogen) atoms. The molecule has 0 bridgehead atoms. The molecule has 0 aliphatic carbocycles. The van der Waals surface area contributed by atoms with Crippen molar-refractivity contribution in [3.05, 3.63) is 183 Å². The normalized spacial score (nSPS) is 12.1. The van der Waals surface area contributed by atoms with Gasteiger partial charge in [0.05, 0.1) is 51.7 Å². The maximum Gasteiger partial charge on any atom is 0.373 e. The van der Waals surface area contributed by atoms with E-state index in [1.807, 2.05) is 124 Å². The Labute approximate surface area is 414 Å². The number of oxime groups is 1. The Balaban J connectivity index is 0.000000243. The number of hydrogen-bond donors (Lipinski definition) is 0. The highest BCUT2D eigenvalue weighted by Crippen LogP contribution is 2.38. The minimum atomic E-state index is -0.922. The van der Waals surface area contributed by atoms with Crippen molar-refractivity contribution in [2.75, 3.05) is 35.2 Å². The van der Waals surface area contributed by atoms with Crippen molar-refractivity contribution >= 4 is 46.4 Å². The summed E-state index contributed by atoms with van der Waals surface area (Å²) in [6.45, 7) is 5.91. The number of carbonyl (C=O) groups is 2. The average molecular weight is 986 g/mol. The van der Waals surface area contributed by atoms with Crippen LogP contribution in [0.15, 0.2) is 150 Å². The molecule has 0 saturated heterocycles. The second-order valence-corrected chi connectivity index (χ2v) is 16.2. The summed E-state index contributed by atoms with van der Waals surface area (Å²) >= 11 is 12.3. The number of hydrogen-bond acceptors (Lipinski definition) is 15. The van der Waals surface area contributed by atoms with Gasteiger partial charge in [-0.25, -0.2) is 4.79 Å². The van der Waals surface area contributed by atoms with Crippen LogP contribution in [0.1, 0.15) is 53.4 Å². The van der Waals surface area contributed by atoms with Gasteiger partial charge in [0.25, 0.3) is 5.91 Å². The Morgan fingerprint density at radius 1 is 0.629 bits per heavy atom. The van der Waals surface area contributed by atoms with Crippen molar-refractivity contribution in [3.8, 4) is 47.0 Å². The van der Waals surface area contributed by atoms with Gasteiger partial charge < -0.3 is 38.0 Å². The Kier molecular flexibility index (Phi) is 16.1. The molecule has 7 aromatic rings. The van der Waals surface area contributed by atoms with Gasteiger partial charge in [-0.05, 0) is 62.2 Å². The minimum absolute atomic E-state index is 0.0289. The van der Waals surface area contributed by atoms with Gasteiger partial charge in [-0.1, -0.05) is 125 Å². The standard InChI is InChI=1S/C32H27N5O8.C20H19Cl2NO2/c1-39-24-18-25(40-2)34-31(33-24)43-22-16-11-17-23(44-32-35-26(41-3)19-27(36-32)42-4)28(22)30(38)45-37-29(20-12-7-5-8-13-20)21-14-9-6-10-15-21;1-13-18(14-7-5-4-6-8-14)19(24)23(12-25-13)20(2,3)15-9-16(21)11-17(22)10-15/h5-19H,1-4H3;4-11H,12H2,1-3H3. The zero-order valence-corrected chi connectivity index (χ0v) is 40.5. The number of amides is 1. The monoisotopic (exact) mass is 984 g/mol. The summed E-state index contributed by atoms with van der Waals surface area (Å²) in [6, 6.07) is 40.7. The van der Waals surface area contributed by atoms with Crippen molar-refractivity contribution in [2.24, 2.45) is 5.16 Å². The van der Waals surface area contributed by atoms with Crippen molar-refractivity contribution in [1.82, 2.24) is 24.8 Å². The highest BCUT2D eigenvalue weighted by atomic mass is 35.5. The van der Waals surface area contributed by atoms with Crippen LogP contribution in [0.4, 0.5) is 0 Å². The maximum absolute atomic E-state index is 13.9. The fraction of sp³-hybridized carbons (Fsp3) is 0.173. The third-order valence-electron chi connectivity index (χ3n) is 10.6. The van der Waals surface area contributed by atoms with Crippen LogP contribution in [0.5, 0.6) is 47.0 Å². The second kappa shape index (κ2) is 22.7. The Hall–Kier alpha value is -8.21. The lowest BCUT2D eigenvalue weighted by Crippen LogP contribution is -2.49. The van der Waals surface area contributed by atoms with Gasteiger partial charge in [0.1, 0.15) is 28.5 Å². The van der Waals surface area contributed by atoms with E-state index in [0.29, 0.717) is 27.1 Å². The molecule has 8 rings (SSSR count). The average Bonchev–Trinajstić information content (AvgIpc) is 3.37. The van der Waals surface area contributed by atoms with Gasteiger partial charge in [-0.3, -0.25) is 9.69 Å². The largest absolute Gasteiger partial charge is 0.481 e. The third kappa shape index (κ3) is 11.9. The Morgan fingerprint density at radius 3 is 1.51 bits per heavy atom. The van der Waals surface area contributed by atoms with Gasteiger partial charge in [0.15, 0.2) is 6.73 Å². The molecular weight excluding hydrogens is 940 g/mol. The molecule has 1 aliphatic heterocycles. The van der Waals surface area contributed by atoms with Gasteiger partial charge in [0.2, 0.25) is 23.5 Å². The molecule has 0 saturated carbocycles. The number of benzene rings is 5. The molecule has 0 atom stereocenters. The highest BCUT2D eigenvalue weighted by molar-refractivity contribution is 6.34. The van der Waals surface area contributed by atoms with Crippen LogP contribution in [-0.2, 0) is 19.9 Å². The summed E-state index contributed by atoms with van der Waals surface area (Å²) in [4.78, 5) is 51.1. The SMILES string of the molecule is CC1=C(c2ccccc2)C(=O)N(C(C)(C)c2cc(Cl)cc(Cl)c2)CO1.COc1cc(OC)nc(Oc2cccc(Oc3nc(OC)cc(OC)n3)c2C(=O)ON=C(c2ccccc2)c2ccccc2)n1.